The van der Waals surface area contributed by atoms with Crippen LogP contribution < -0.4 is 16.0 Å². The lowest BCUT2D eigenvalue weighted by Gasteiger charge is -2.61. The van der Waals surface area contributed by atoms with Crippen molar-refractivity contribution in [2.24, 2.45) is 23.2 Å². The number of anilines is 2. The summed E-state index contributed by atoms with van der Waals surface area (Å²) in [4.78, 5) is 11.4. The highest BCUT2D eigenvalue weighted by Gasteiger charge is 2.55. The van der Waals surface area contributed by atoms with Crippen molar-refractivity contribution in [1.82, 2.24) is 20.2 Å². The number of aromatic nitrogens is 2. The number of likely N-dealkylation sites (tertiary alicyclic amines) is 1. The normalized spacial score (nSPS) is 30.0. The zero-order chi connectivity index (χ0) is 26.8. The lowest BCUT2D eigenvalue weighted by Crippen LogP contribution is -2.61. The van der Waals surface area contributed by atoms with Gasteiger partial charge in [-0.3, -0.25) is 4.90 Å². The van der Waals surface area contributed by atoms with Gasteiger partial charge in [0.05, 0.1) is 18.8 Å². The largest absolute Gasteiger partial charge is 0.368 e. The van der Waals surface area contributed by atoms with E-state index in [-0.39, 0.29) is 5.41 Å². The van der Waals surface area contributed by atoms with Crippen LogP contribution in [0.4, 0.5) is 11.8 Å². The van der Waals surface area contributed by atoms with Crippen LogP contribution >= 0.6 is 0 Å². The highest BCUT2D eigenvalue weighted by atomic mass is 15.2. The average Bonchev–Trinajstić information content (AvgIpc) is 2.94. The summed E-state index contributed by atoms with van der Waals surface area (Å²) in [5.41, 5.74) is 3.24. The summed E-state index contributed by atoms with van der Waals surface area (Å²) in [5.74, 6) is 3.50. The second-order valence-electron chi connectivity index (χ2n) is 12.6. The van der Waals surface area contributed by atoms with Crippen molar-refractivity contribution in [2.75, 3.05) is 36.8 Å². The summed E-state index contributed by atoms with van der Waals surface area (Å²) < 4.78 is 0. The first-order valence-electron chi connectivity index (χ1n) is 14.7. The number of hydrogen-bond acceptors (Lipinski definition) is 8. The molecule has 3 N–H and O–H groups in total. The average molecular weight is 525 g/mol. The van der Waals surface area contributed by atoms with Gasteiger partial charge < -0.3 is 16.0 Å². The molecule has 5 atom stereocenters. The molecule has 0 amide bonds. The van der Waals surface area contributed by atoms with E-state index in [1.165, 1.54) is 43.2 Å². The molecule has 204 valence electrons. The SMILES string of the molecule is Cc1ccccc1CNc1ncc(C#N)c(NC[C@]23CC4C[C@H](C2)[C@@H](NC2CCN(CC#N)CC2)[C@@H](C4)C3)n1. The fourth-order valence-corrected chi connectivity index (χ4v) is 8.25. The minimum Gasteiger partial charge on any atom is -0.368 e. The maximum Gasteiger partial charge on any atom is 0.224 e. The first kappa shape index (κ1) is 26.0. The van der Waals surface area contributed by atoms with Gasteiger partial charge in [-0.05, 0) is 86.2 Å². The molecule has 1 unspecified atom stereocenters. The summed E-state index contributed by atoms with van der Waals surface area (Å²) in [6.07, 6.45) is 10.4. The third-order valence-electron chi connectivity index (χ3n) is 9.95. The van der Waals surface area contributed by atoms with Gasteiger partial charge >= 0.3 is 0 Å². The van der Waals surface area contributed by atoms with Crippen LogP contribution in [0.25, 0.3) is 0 Å². The summed E-state index contributed by atoms with van der Waals surface area (Å²) >= 11 is 0. The second-order valence-corrected chi connectivity index (χ2v) is 12.6. The van der Waals surface area contributed by atoms with Gasteiger partial charge in [0.15, 0.2) is 0 Å². The predicted molar refractivity (Wildman–Crippen MR) is 152 cm³/mol. The van der Waals surface area contributed by atoms with Gasteiger partial charge in [-0.1, -0.05) is 24.3 Å². The molecule has 2 heterocycles. The smallest absolute Gasteiger partial charge is 0.224 e. The van der Waals surface area contributed by atoms with Gasteiger partial charge in [0.1, 0.15) is 17.5 Å². The lowest BCUT2D eigenvalue weighted by molar-refractivity contribution is -0.0734. The first-order valence-corrected chi connectivity index (χ1v) is 14.7. The van der Waals surface area contributed by atoms with Crippen molar-refractivity contribution < 1.29 is 0 Å². The summed E-state index contributed by atoms with van der Waals surface area (Å²) in [5, 5.41) is 29.8. The lowest BCUT2D eigenvalue weighted by atomic mass is 9.48. The summed E-state index contributed by atoms with van der Waals surface area (Å²) in [6, 6.07) is 14.1. The molecule has 5 aliphatic rings. The van der Waals surface area contributed by atoms with E-state index in [0.29, 0.717) is 42.5 Å². The van der Waals surface area contributed by atoms with Crippen LogP contribution in [0.15, 0.2) is 30.5 Å². The van der Waals surface area contributed by atoms with Gasteiger partial charge in [0.25, 0.3) is 0 Å². The molecular weight excluding hydrogens is 484 g/mol. The molecular formula is C31H40N8. The van der Waals surface area contributed by atoms with Crippen molar-refractivity contribution >= 4 is 11.8 Å². The van der Waals surface area contributed by atoms with E-state index in [9.17, 15) is 5.26 Å². The van der Waals surface area contributed by atoms with Gasteiger partial charge in [-0.2, -0.15) is 15.5 Å². The second kappa shape index (κ2) is 11.1. The molecule has 4 bridgehead atoms. The van der Waals surface area contributed by atoms with Gasteiger partial charge in [-0.25, -0.2) is 4.98 Å². The van der Waals surface area contributed by atoms with E-state index < -0.39 is 0 Å². The van der Waals surface area contributed by atoms with Crippen molar-refractivity contribution in [3.8, 4) is 12.1 Å². The Hall–Kier alpha value is -3.20. The molecule has 5 fully saturated rings. The van der Waals surface area contributed by atoms with E-state index in [1.54, 1.807) is 6.20 Å². The van der Waals surface area contributed by atoms with E-state index in [2.05, 4.69) is 57.0 Å². The monoisotopic (exact) mass is 524 g/mol. The van der Waals surface area contributed by atoms with Gasteiger partial charge in [-0.15, -0.1) is 0 Å². The standard InChI is InChI=1S/C31H40N8/c1-21-4-2-3-5-23(21)18-34-30-35-19-26(17-33)29(38-30)36-20-31-14-22-12-24(15-31)28(25(13-22)16-31)37-27-6-9-39(10-7-27)11-8-32/h2-5,19,22,24-25,27-28,37H,6-7,9-16,18,20H2,1H3,(H2,34,35,36,38)/t22?,24-,25+,28-,31-. The van der Waals surface area contributed by atoms with Crippen LogP contribution in [-0.2, 0) is 6.54 Å². The third-order valence-corrected chi connectivity index (χ3v) is 9.95. The van der Waals surface area contributed by atoms with Crippen LogP contribution in [-0.4, -0.2) is 53.1 Å². The van der Waals surface area contributed by atoms with Crippen LogP contribution in [0.3, 0.4) is 0 Å². The fourth-order valence-electron chi connectivity index (χ4n) is 8.25. The van der Waals surface area contributed by atoms with Crippen molar-refractivity contribution in [1.29, 1.82) is 10.5 Å². The fraction of sp³-hybridized carbons (Fsp3) is 0.613. The highest BCUT2D eigenvalue weighted by molar-refractivity contribution is 5.53. The molecule has 2 aromatic rings. The third kappa shape index (κ3) is 5.60. The molecule has 1 aromatic heterocycles. The number of aryl methyl sites for hydroxylation is 1. The number of nitriles is 2. The molecule has 8 nitrogen and oxygen atoms in total. The molecule has 1 aliphatic heterocycles. The number of benzene rings is 1. The molecule has 8 heteroatoms. The molecule has 39 heavy (non-hydrogen) atoms. The molecule has 1 saturated heterocycles. The topological polar surface area (TPSA) is 113 Å². The highest BCUT2D eigenvalue weighted by Crippen LogP contribution is 2.60. The maximum atomic E-state index is 9.73. The van der Waals surface area contributed by atoms with E-state index >= 15 is 0 Å². The Bertz CT molecular complexity index is 1240. The van der Waals surface area contributed by atoms with Crippen LogP contribution in [0.1, 0.15) is 61.6 Å². The Balaban J connectivity index is 1.08. The Morgan fingerprint density at radius 3 is 2.54 bits per heavy atom. The number of hydrogen-bond donors (Lipinski definition) is 3. The molecule has 4 aliphatic carbocycles. The molecule has 4 saturated carbocycles. The Labute approximate surface area is 232 Å². The summed E-state index contributed by atoms with van der Waals surface area (Å²) in [7, 11) is 0. The number of nitrogens with one attached hydrogen (secondary N) is 3. The Morgan fingerprint density at radius 2 is 1.82 bits per heavy atom. The molecule has 7 rings (SSSR count). The van der Waals surface area contributed by atoms with E-state index in [1.807, 2.05) is 12.1 Å². The van der Waals surface area contributed by atoms with Crippen LogP contribution in [0.2, 0.25) is 0 Å². The molecule has 0 spiro atoms. The van der Waals surface area contributed by atoms with E-state index in [4.69, 9.17) is 10.2 Å². The van der Waals surface area contributed by atoms with Gasteiger partial charge in [0.2, 0.25) is 5.95 Å². The van der Waals surface area contributed by atoms with Crippen molar-refractivity contribution in [3.63, 3.8) is 0 Å². The zero-order valence-corrected chi connectivity index (χ0v) is 23.0. The molecule has 1 aromatic carbocycles. The van der Waals surface area contributed by atoms with Crippen LogP contribution in [0.5, 0.6) is 0 Å². The minimum absolute atomic E-state index is 0.289. The first-order chi connectivity index (χ1) is 19.0. The molecule has 0 radical (unpaired) electrons. The quantitative estimate of drug-likeness (QED) is 0.413. The van der Waals surface area contributed by atoms with Crippen molar-refractivity contribution in [2.45, 2.75) is 70.5 Å². The van der Waals surface area contributed by atoms with Gasteiger partial charge in [0, 0.05) is 38.3 Å². The number of rotatable bonds is 9. The number of piperidine rings is 1. The van der Waals surface area contributed by atoms with Crippen molar-refractivity contribution in [3.05, 3.63) is 47.2 Å². The van der Waals surface area contributed by atoms with E-state index in [0.717, 1.165) is 50.2 Å². The Kier molecular flexibility index (Phi) is 7.42. The predicted octanol–water partition coefficient (Wildman–Crippen LogP) is 4.45. The number of nitrogens with zero attached hydrogens (tertiary/aromatic N) is 5. The Morgan fingerprint density at radius 1 is 1.05 bits per heavy atom. The maximum absolute atomic E-state index is 9.73. The van der Waals surface area contributed by atoms with Crippen LogP contribution in [0, 0.1) is 52.8 Å². The zero-order valence-electron chi connectivity index (χ0n) is 23.0. The minimum atomic E-state index is 0.289. The summed E-state index contributed by atoms with van der Waals surface area (Å²) in [6.45, 7) is 6.26.